The molecule has 7 nitrogen and oxygen atoms in total. The predicted octanol–water partition coefficient (Wildman–Crippen LogP) is 4.74. The number of imidazole rings is 1. The van der Waals surface area contributed by atoms with E-state index in [9.17, 15) is 13.2 Å². The van der Waals surface area contributed by atoms with E-state index in [0.717, 1.165) is 24.8 Å². The van der Waals surface area contributed by atoms with Gasteiger partial charge in [-0.25, -0.2) is 13.4 Å². The first-order valence-electron chi connectivity index (χ1n) is 11.4. The Hall–Kier alpha value is -3.49. The van der Waals surface area contributed by atoms with Crippen LogP contribution in [-0.4, -0.2) is 41.1 Å². The maximum atomic E-state index is 13.3. The van der Waals surface area contributed by atoms with Crippen LogP contribution in [0.3, 0.4) is 0 Å². The Kier molecular flexibility index (Phi) is 5.93. The summed E-state index contributed by atoms with van der Waals surface area (Å²) >= 11 is 0. The Morgan fingerprint density at radius 2 is 1.68 bits per heavy atom. The molecule has 2 aromatic carbocycles. The first kappa shape index (κ1) is 22.3. The number of aryl methyl sites for hydroxylation is 1. The van der Waals surface area contributed by atoms with Gasteiger partial charge >= 0.3 is 0 Å². The lowest BCUT2D eigenvalue weighted by atomic mass is 10.1. The number of piperidine rings is 1. The summed E-state index contributed by atoms with van der Waals surface area (Å²) in [6.07, 6.45) is 4.59. The van der Waals surface area contributed by atoms with Crippen molar-refractivity contribution in [2.45, 2.75) is 31.1 Å². The monoisotopic (exact) mass is 474 g/mol. The molecule has 0 unspecified atom stereocenters. The number of pyridine rings is 1. The fourth-order valence-corrected chi connectivity index (χ4v) is 6.12. The van der Waals surface area contributed by atoms with Gasteiger partial charge in [-0.05, 0) is 49.6 Å². The van der Waals surface area contributed by atoms with E-state index in [4.69, 9.17) is 4.98 Å². The smallest absolute Gasteiger partial charge is 0.256 e. The normalized spacial score (nSPS) is 14.9. The molecule has 0 spiro atoms. The van der Waals surface area contributed by atoms with Crippen molar-refractivity contribution in [3.8, 4) is 11.3 Å². The van der Waals surface area contributed by atoms with E-state index in [2.05, 4.69) is 5.32 Å². The number of nitrogens with one attached hydrogen (secondary N) is 1. The fourth-order valence-electron chi connectivity index (χ4n) is 4.36. The molecule has 4 aromatic rings. The van der Waals surface area contributed by atoms with Gasteiger partial charge in [0.05, 0.1) is 4.90 Å². The molecule has 8 heteroatoms. The van der Waals surface area contributed by atoms with Crippen LogP contribution in [0.15, 0.2) is 77.8 Å². The third-order valence-corrected chi connectivity index (χ3v) is 8.23. The number of benzene rings is 2. The van der Waals surface area contributed by atoms with Crippen molar-refractivity contribution in [3.05, 3.63) is 84.1 Å². The van der Waals surface area contributed by atoms with Gasteiger partial charge in [0.25, 0.3) is 5.91 Å². The second-order valence-corrected chi connectivity index (χ2v) is 10.4. The number of sulfonamides is 1. The van der Waals surface area contributed by atoms with Gasteiger partial charge in [0, 0.05) is 30.4 Å². The van der Waals surface area contributed by atoms with Crippen molar-refractivity contribution < 1.29 is 13.2 Å². The highest BCUT2D eigenvalue weighted by Crippen LogP contribution is 2.30. The SMILES string of the molecule is Cc1ccc(C(=O)Nc2c(-c3ccccc3)nc3ccccn23)cc1S(=O)(=O)N1CCCCC1. The molecule has 1 aliphatic rings. The number of hydrogen-bond acceptors (Lipinski definition) is 4. The highest BCUT2D eigenvalue weighted by Gasteiger charge is 2.28. The first-order valence-corrected chi connectivity index (χ1v) is 12.8. The zero-order chi connectivity index (χ0) is 23.7. The van der Waals surface area contributed by atoms with E-state index in [1.165, 1.54) is 10.4 Å². The Labute approximate surface area is 199 Å². The second kappa shape index (κ2) is 9.04. The van der Waals surface area contributed by atoms with Gasteiger partial charge in [-0.1, -0.05) is 48.9 Å². The first-order chi connectivity index (χ1) is 16.4. The summed E-state index contributed by atoms with van der Waals surface area (Å²) in [5, 5.41) is 2.98. The van der Waals surface area contributed by atoms with Crippen LogP contribution < -0.4 is 5.32 Å². The highest BCUT2D eigenvalue weighted by atomic mass is 32.2. The maximum Gasteiger partial charge on any atom is 0.256 e. The number of aromatic nitrogens is 2. The molecule has 34 heavy (non-hydrogen) atoms. The second-order valence-electron chi connectivity index (χ2n) is 8.50. The number of carbonyl (C=O) groups is 1. The van der Waals surface area contributed by atoms with Crippen molar-refractivity contribution in [2.24, 2.45) is 0 Å². The summed E-state index contributed by atoms with van der Waals surface area (Å²) < 4.78 is 29.9. The van der Waals surface area contributed by atoms with Gasteiger partial charge in [0.2, 0.25) is 10.0 Å². The number of hydrogen-bond donors (Lipinski definition) is 1. The molecule has 2 aromatic heterocycles. The van der Waals surface area contributed by atoms with Crippen LogP contribution in [0.25, 0.3) is 16.9 Å². The molecule has 5 rings (SSSR count). The molecule has 1 saturated heterocycles. The molecule has 174 valence electrons. The average Bonchev–Trinajstić information content (AvgIpc) is 3.23. The van der Waals surface area contributed by atoms with E-state index in [1.807, 2.05) is 59.1 Å². The van der Waals surface area contributed by atoms with Gasteiger partial charge in [-0.2, -0.15) is 4.31 Å². The van der Waals surface area contributed by atoms with E-state index in [-0.39, 0.29) is 10.5 Å². The molecule has 1 amide bonds. The Morgan fingerprint density at radius 1 is 0.941 bits per heavy atom. The molecule has 0 radical (unpaired) electrons. The Morgan fingerprint density at radius 3 is 2.44 bits per heavy atom. The summed E-state index contributed by atoms with van der Waals surface area (Å²) in [4.78, 5) is 18.2. The Bertz CT molecular complexity index is 1460. The lowest BCUT2D eigenvalue weighted by Crippen LogP contribution is -2.36. The highest BCUT2D eigenvalue weighted by molar-refractivity contribution is 7.89. The van der Waals surface area contributed by atoms with Gasteiger partial charge in [0.15, 0.2) is 0 Å². The van der Waals surface area contributed by atoms with Gasteiger partial charge in [0.1, 0.15) is 17.2 Å². The van der Waals surface area contributed by atoms with Crippen LogP contribution in [0.4, 0.5) is 5.82 Å². The van der Waals surface area contributed by atoms with Gasteiger partial charge in [-0.3, -0.25) is 9.20 Å². The number of anilines is 1. The van der Waals surface area contributed by atoms with E-state index in [0.29, 0.717) is 35.8 Å². The molecule has 0 aliphatic carbocycles. The number of nitrogens with zero attached hydrogens (tertiary/aromatic N) is 3. The minimum Gasteiger partial charge on any atom is -0.306 e. The number of amides is 1. The average molecular weight is 475 g/mol. The van der Waals surface area contributed by atoms with Crippen molar-refractivity contribution >= 4 is 27.4 Å². The van der Waals surface area contributed by atoms with Gasteiger partial charge < -0.3 is 5.32 Å². The zero-order valence-corrected chi connectivity index (χ0v) is 19.8. The summed E-state index contributed by atoms with van der Waals surface area (Å²) in [6.45, 7) is 2.79. The van der Waals surface area contributed by atoms with Gasteiger partial charge in [-0.15, -0.1) is 0 Å². The molecular formula is C26H26N4O3S. The standard InChI is InChI=1S/C26H26N4O3S/c1-19-13-14-21(18-22(19)34(32,33)29-15-7-3-8-16-29)26(31)28-25-24(20-10-4-2-5-11-20)27-23-12-6-9-17-30(23)25/h2,4-6,9-14,17-18H,3,7-8,15-16H2,1H3,(H,28,31). The number of rotatable bonds is 5. The molecule has 0 bridgehead atoms. The van der Waals surface area contributed by atoms with Crippen LogP contribution in [-0.2, 0) is 10.0 Å². The minimum absolute atomic E-state index is 0.184. The van der Waals surface area contributed by atoms with Crippen molar-refractivity contribution in [1.29, 1.82) is 0 Å². The molecule has 1 fully saturated rings. The summed E-state index contributed by atoms with van der Waals surface area (Å²) in [5.41, 5.74) is 3.13. The Balaban J connectivity index is 1.52. The van der Waals surface area contributed by atoms with E-state index >= 15 is 0 Å². The molecule has 1 N–H and O–H groups in total. The van der Waals surface area contributed by atoms with Crippen LogP contribution in [0, 0.1) is 6.92 Å². The van der Waals surface area contributed by atoms with E-state index < -0.39 is 15.9 Å². The zero-order valence-electron chi connectivity index (χ0n) is 18.9. The fraction of sp³-hybridized carbons (Fsp3) is 0.231. The number of carbonyl (C=O) groups excluding carboxylic acids is 1. The predicted molar refractivity (Wildman–Crippen MR) is 132 cm³/mol. The van der Waals surface area contributed by atoms with Crippen LogP contribution >= 0.6 is 0 Å². The van der Waals surface area contributed by atoms with Crippen molar-refractivity contribution in [2.75, 3.05) is 18.4 Å². The summed E-state index contributed by atoms with van der Waals surface area (Å²) in [7, 11) is -3.66. The lowest BCUT2D eigenvalue weighted by molar-refractivity contribution is 0.102. The summed E-state index contributed by atoms with van der Waals surface area (Å²) in [5.74, 6) is 0.144. The number of fused-ring (bicyclic) bond motifs is 1. The third kappa shape index (κ3) is 4.10. The molecule has 0 saturated carbocycles. The van der Waals surface area contributed by atoms with E-state index in [1.54, 1.807) is 19.1 Å². The quantitative estimate of drug-likeness (QED) is 0.453. The van der Waals surface area contributed by atoms with Crippen molar-refractivity contribution in [3.63, 3.8) is 0 Å². The van der Waals surface area contributed by atoms with Crippen molar-refractivity contribution in [1.82, 2.24) is 13.7 Å². The molecule has 1 aliphatic heterocycles. The van der Waals surface area contributed by atoms with Crippen LogP contribution in [0.5, 0.6) is 0 Å². The molecule has 0 atom stereocenters. The van der Waals surface area contributed by atoms with Crippen LogP contribution in [0.1, 0.15) is 35.2 Å². The lowest BCUT2D eigenvalue weighted by Gasteiger charge is -2.26. The van der Waals surface area contributed by atoms with Crippen LogP contribution in [0.2, 0.25) is 0 Å². The molecule has 3 heterocycles. The summed E-state index contributed by atoms with van der Waals surface area (Å²) in [6, 6.07) is 20.1. The molecular weight excluding hydrogens is 448 g/mol. The largest absolute Gasteiger partial charge is 0.306 e. The third-order valence-electron chi connectivity index (χ3n) is 6.19. The topological polar surface area (TPSA) is 83.8 Å². The minimum atomic E-state index is -3.66. The maximum absolute atomic E-state index is 13.3.